The number of hydrogen-bond donors (Lipinski definition) is 2. The van der Waals surface area contributed by atoms with Crippen molar-refractivity contribution in [1.29, 1.82) is 0 Å². The predicted octanol–water partition coefficient (Wildman–Crippen LogP) is 5.33. The molecule has 6 rings (SSSR count). The average molecular weight is 487 g/mol. The summed E-state index contributed by atoms with van der Waals surface area (Å²) in [5, 5.41) is 18.6. The number of nitrogens with one attached hydrogen (secondary N) is 2. The Morgan fingerprint density at radius 3 is 2.69 bits per heavy atom. The number of amides is 1. The van der Waals surface area contributed by atoms with Crippen LogP contribution in [-0.4, -0.2) is 22.3 Å². The van der Waals surface area contributed by atoms with Crippen LogP contribution < -0.4 is 10.6 Å². The number of carbonyl (C=O) groups is 1. The molecule has 2 aliphatic rings. The third kappa shape index (κ3) is 3.98. The van der Waals surface area contributed by atoms with Gasteiger partial charge in [-0.2, -0.15) is 0 Å². The third-order valence-electron chi connectivity index (χ3n) is 6.44. The van der Waals surface area contributed by atoms with Crippen LogP contribution in [0.15, 0.2) is 71.1 Å². The van der Waals surface area contributed by atoms with Gasteiger partial charge < -0.3 is 15.1 Å². The standard InChI is InChI=1S/C26H22N4O4S/c31-25-23-18-12-13-29(14-16-6-2-1-3-7-16)15-22(18)35-26(23)28-24(27-25)21-11-10-20(34-21)17-8-4-5-9-19(17)30(32)33/h1-11,24,28H,12-15H2,(H,27,31)/t24-/m1/s1. The maximum absolute atomic E-state index is 13.1. The molecule has 35 heavy (non-hydrogen) atoms. The number of rotatable bonds is 5. The van der Waals surface area contributed by atoms with Gasteiger partial charge in [0.15, 0.2) is 6.17 Å². The number of benzene rings is 2. The highest BCUT2D eigenvalue weighted by Gasteiger charge is 2.34. The summed E-state index contributed by atoms with van der Waals surface area (Å²) in [6, 6.07) is 20.3. The Morgan fingerprint density at radius 1 is 1.06 bits per heavy atom. The maximum Gasteiger partial charge on any atom is 0.280 e. The number of carbonyl (C=O) groups excluding carboxylic acids is 1. The fraction of sp³-hybridized carbons (Fsp3) is 0.192. The molecule has 2 N–H and O–H groups in total. The van der Waals surface area contributed by atoms with Gasteiger partial charge in [-0.05, 0) is 35.7 Å². The Kier molecular flexibility index (Phi) is 5.35. The molecule has 9 heteroatoms. The van der Waals surface area contributed by atoms with Crippen molar-refractivity contribution in [1.82, 2.24) is 10.2 Å². The number of anilines is 1. The highest BCUT2D eigenvalue weighted by molar-refractivity contribution is 7.16. The van der Waals surface area contributed by atoms with Crippen LogP contribution >= 0.6 is 11.3 Å². The topological polar surface area (TPSA) is 101 Å². The summed E-state index contributed by atoms with van der Waals surface area (Å²) in [6.45, 7) is 2.59. The van der Waals surface area contributed by atoms with Crippen LogP contribution in [-0.2, 0) is 19.5 Å². The van der Waals surface area contributed by atoms with Crippen LogP contribution in [0.5, 0.6) is 0 Å². The van der Waals surface area contributed by atoms with E-state index >= 15 is 0 Å². The summed E-state index contributed by atoms with van der Waals surface area (Å²) in [5.74, 6) is 0.756. The highest BCUT2D eigenvalue weighted by Crippen LogP contribution is 2.41. The molecule has 0 aliphatic carbocycles. The van der Waals surface area contributed by atoms with Gasteiger partial charge in [-0.3, -0.25) is 19.8 Å². The molecule has 0 spiro atoms. The molecule has 2 aromatic carbocycles. The number of nitro benzene ring substituents is 1. The van der Waals surface area contributed by atoms with Crippen LogP contribution in [0, 0.1) is 10.1 Å². The largest absolute Gasteiger partial charge is 0.457 e. The zero-order chi connectivity index (χ0) is 23.9. The fourth-order valence-electron chi connectivity index (χ4n) is 4.78. The van der Waals surface area contributed by atoms with Crippen LogP contribution in [0.25, 0.3) is 11.3 Å². The van der Waals surface area contributed by atoms with Crippen molar-refractivity contribution in [2.45, 2.75) is 25.7 Å². The van der Waals surface area contributed by atoms with Crippen LogP contribution in [0.2, 0.25) is 0 Å². The van der Waals surface area contributed by atoms with E-state index in [0.717, 1.165) is 42.2 Å². The normalized spacial score (nSPS) is 17.3. The molecular weight excluding hydrogens is 464 g/mol. The number of thiophene rings is 1. The van der Waals surface area contributed by atoms with Crippen molar-refractivity contribution < 1.29 is 14.1 Å². The molecule has 2 aliphatic heterocycles. The zero-order valence-electron chi connectivity index (χ0n) is 18.7. The first kappa shape index (κ1) is 21.6. The van der Waals surface area contributed by atoms with E-state index in [-0.39, 0.29) is 11.6 Å². The van der Waals surface area contributed by atoms with Gasteiger partial charge in [0.05, 0.1) is 16.1 Å². The van der Waals surface area contributed by atoms with E-state index in [1.807, 2.05) is 6.07 Å². The second kappa shape index (κ2) is 8.68. The van der Waals surface area contributed by atoms with Crippen molar-refractivity contribution >= 4 is 27.9 Å². The van der Waals surface area contributed by atoms with Gasteiger partial charge in [0.1, 0.15) is 16.5 Å². The zero-order valence-corrected chi connectivity index (χ0v) is 19.5. The highest BCUT2D eigenvalue weighted by atomic mass is 32.1. The Balaban J connectivity index is 1.23. The van der Waals surface area contributed by atoms with Gasteiger partial charge >= 0.3 is 0 Å². The third-order valence-corrected chi connectivity index (χ3v) is 7.59. The number of fused-ring (bicyclic) bond motifs is 3. The second-order valence-corrected chi connectivity index (χ2v) is 9.79. The summed E-state index contributed by atoms with van der Waals surface area (Å²) in [4.78, 5) is 27.7. The van der Waals surface area contributed by atoms with Crippen LogP contribution in [0.1, 0.15) is 38.3 Å². The maximum atomic E-state index is 13.1. The molecule has 0 bridgehead atoms. The molecule has 176 valence electrons. The van der Waals surface area contributed by atoms with Gasteiger partial charge in [0, 0.05) is 30.6 Å². The Morgan fingerprint density at radius 2 is 1.86 bits per heavy atom. The predicted molar refractivity (Wildman–Crippen MR) is 133 cm³/mol. The minimum Gasteiger partial charge on any atom is -0.457 e. The lowest BCUT2D eigenvalue weighted by Crippen LogP contribution is -2.38. The molecule has 0 saturated carbocycles. The molecule has 4 heterocycles. The number of nitrogens with zero attached hydrogens (tertiary/aromatic N) is 2. The summed E-state index contributed by atoms with van der Waals surface area (Å²) < 4.78 is 5.96. The minimum absolute atomic E-state index is 0.0256. The molecule has 8 nitrogen and oxygen atoms in total. The molecule has 2 aromatic heterocycles. The summed E-state index contributed by atoms with van der Waals surface area (Å²) in [5.41, 5.74) is 3.50. The summed E-state index contributed by atoms with van der Waals surface area (Å²) in [6.07, 6.45) is 0.281. The first-order valence-electron chi connectivity index (χ1n) is 11.4. The van der Waals surface area contributed by atoms with Crippen molar-refractivity contribution in [2.24, 2.45) is 0 Å². The quantitative estimate of drug-likeness (QED) is 0.292. The molecular formula is C26H22N4O4S. The van der Waals surface area contributed by atoms with E-state index in [1.54, 1.807) is 41.7 Å². The van der Waals surface area contributed by atoms with Gasteiger partial charge in [-0.1, -0.05) is 42.5 Å². The van der Waals surface area contributed by atoms with Gasteiger partial charge in [0.2, 0.25) is 0 Å². The van der Waals surface area contributed by atoms with Gasteiger partial charge in [-0.25, -0.2) is 0 Å². The smallest absolute Gasteiger partial charge is 0.280 e. The van der Waals surface area contributed by atoms with E-state index in [4.69, 9.17) is 4.42 Å². The molecule has 1 atom stereocenters. The molecule has 0 unspecified atom stereocenters. The van der Waals surface area contributed by atoms with Crippen molar-refractivity contribution in [3.05, 3.63) is 104 Å². The summed E-state index contributed by atoms with van der Waals surface area (Å²) in [7, 11) is 0. The molecule has 0 radical (unpaired) electrons. The molecule has 0 fully saturated rings. The number of furan rings is 1. The number of nitro groups is 1. The lowest BCUT2D eigenvalue weighted by molar-refractivity contribution is -0.384. The number of para-hydroxylation sites is 1. The Labute approximate surface area is 205 Å². The average Bonchev–Trinajstić information content (AvgIpc) is 3.49. The van der Waals surface area contributed by atoms with Crippen molar-refractivity contribution in [2.75, 3.05) is 11.9 Å². The van der Waals surface area contributed by atoms with E-state index in [2.05, 4.69) is 39.8 Å². The van der Waals surface area contributed by atoms with Crippen molar-refractivity contribution in [3.63, 3.8) is 0 Å². The summed E-state index contributed by atoms with van der Waals surface area (Å²) >= 11 is 1.62. The Bertz CT molecular complexity index is 1430. The lowest BCUT2D eigenvalue weighted by Gasteiger charge is -2.28. The monoisotopic (exact) mass is 486 g/mol. The van der Waals surface area contributed by atoms with Gasteiger partial charge in [0.25, 0.3) is 11.6 Å². The van der Waals surface area contributed by atoms with Crippen molar-refractivity contribution in [3.8, 4) is 11.3 Å². The minimum atomic E-state index is -0.549. The van der Waals surface area contributed by atoms with Gasteiger partial charge in [-0.15, -0.1) is 11.3 Å². The van der Waals surface area contributed by atoms with E-state index in [1.165, 1.54) is 16.5 Å². The SMILES string of the molecule is O=C1N[C@@H](c2ccc(-c3ccccc3[N+](=O)[O-])o2)Nc2sc3c(c21)CCN(Cc1ccccc1)C3. The lowest BCUT2D eigenvalue weighted by atomic mass is 10.0. The first-order chi connectivity index (χ1) is 17.1. The molecule has 1 amide bonds. The molecule has 0 saturated heterocycles. The van der Waals surface area contributed by atoms with E-state index < -0.39 is 11.1 Å². The second-order valence-electron chi connectivity index (χ2n) is 8.68. The number of hydrogen-bond acceptors (Lipinski definition) is 7. The molecule has 4 aromatic rings. The fourth-order valence-corrected chi connectivity index (χ4v) is 6.10. The van der Waals surface area contributed by atoms with Crippen LogP contribution in [0.3, 0.4) is 0 Å². The van der Waals surface area contributed by atoms with Crippen LogP contribution in [0.4, 0.5) is 10.7 Å². The first-order valence-corrected chi connectivity index (χ1v) is 12.2. The Hall–Kier alpha value is -3.95. The van der Waals surface area contributed by atoms with E-state index in [9.17, 15) is 14.9 Å². The van der Waals surface area contributed by atoms with E-state index in [0.29, 0.717) is 17.1 Å².